The fourth-order valence-corrected chi connectivity index (χ4v) is 2.94. The fraction of sp³-hybridized carbons (Fsp3) is 0.438. The number of amides is 2. The number of carbonyl (C=O) groups is 2. The first-order chi connectivity index (χ1) is 10.6. The highest BCUT2D eigenvalue weighted by atomic mass is 32.1. The smallest absolute Gasteiger partial charge is 0.225 e. The summed E-state index contributed by atoms with van der Waals surface area (Å²) >= 11 is 1.41. The van der Waals surface area contributed by atoms with E-state index < -0.39 is 0 Å². The Morgan fingerprint density at radius 3 is 2.68 bits per heavy atom. The zero-order valence-corrected chi connectivity index (χ0v) is 13.8. The standard InChI is InChI=1S/C16H21N3O2S/c1-3-5-6-7-15(21)17-11-8-9-12-13(10-11)22-16(18-12)19-14(20)4-2/h8-10H,3-7H2,1-2H3,(H,17,21)(H,18,19,20). The van der Waals surface area contributed by atoms with Gasteiger partial charge in [-0.05, 0) is 24.6 Å². The van der Waals surface area contributed by atoms with Gasteiger partial charge in [0.1, 0.15) is 0 Å². The van der Waals surface area contributed by atoms with Crippen molar-refractivity contribution in [2.45, 2.75) is 46.0 Å². The normalized spacial score (nSPS) is 10.6. The molecule has 0 atom stereocenters. The molecular weight excluding hydrogens is 298 g/mol. The minimum atomic E-state index is -0.0523. The number of hydrogen-bond donors (Lipinski definition) is 2. The van der Waals surface area contributed by atoms with Crippen molar-refractivity contribution in [3.05, 3.63) is 18.2 Å². The quantitative estimate of drug-likeness (QED) is 0.753. The lowest BCUT2D eigenvalue weighted by atomic mass is 10.2. The topological polar surface area (TPSA) is 71.1 Å². The van der Waals surface area contributed by atoms with Gasteiger partial charge in [0.25, 0.3) is 0 Å². The van der Waals surface area contributed by atoms with Gasteiger partial charge >= 0.3 is 0 Å². The second-order valence-corrected chi connectivity index (χ2v) is 6.14. The van der Waals surface area contributed by atoms with E-state index in [1.54, 1.807) is 6.92 Å². The van der Waals surface area contributed by atoms with Crippen molar-refractivity contribution in [1.29, 1.82) is 0 Å². The lowest BCUT2D eigenvalue weighted by molar-refractivity contribution is -0.116. The first-order valence-corrected chi connectivity index (χ1v) is 8.44. The Morgan fingerprint density at radius 2 is 1.95 bits per heavy atom. The third-order valence-corrected chi connectivity index (χ3v) is 4.18. The number of hydrogen-bond acceptors (Lipinski definition) is 4. The Morgan fingerprint density at radius 1 is 1.14 bits per heavy atom. The zero-order chi connectivity index (χ0) is 15.9. The SMILES string of the molecule is CCCCCC(=O)Nc1ccc2nc(NC(=O)CC)sc2c1. The summed E-state index contributed by atoms with van der Waals surface area (Å²) in [6, 6.07) is 5.59. The van der Waals surface area contributed by atoms with Crippen LogP contribution in [0.5, 0.6) is 0 Å². The van der Waals surface area contributed by atoms with Gasteiger partial charge in [-0.25, -0.2) is 4.98 Å². The highest BCUT2D eigenvalue weighted by Crippen LogP contribution is 2.28. The van der Waals surface area contributed by atoms with Crippen molar-refractivity contribution in [2.24, 2.45) is 0 Å². The van der Waals surface area contributed by atoms with Crippen molar-refractivity contribution >= 4 is 44.2 Å². The van der Waals surface area contributed by atoms with Crippen LogP contribution in [-0.2, 0) is 9.59 Å². The van der Waals surface area contributed by atoms with Crippen molar-refractivity contribution in [1.82, 2.24) is 4.98 Å². The molecule has 6 heteroatoms. The maximum absolute atomic E-state index is 11.8. The molecule has 0 aliphatic rings. The van der Waals surface area contributed by atoms with E-state index in [1.165, 1.54) is 11.3 Å². The molecule has 118 valence electrons. The van der Waals surface area contributed by atoms with Crippen LogP contribution in [0.15, 0.2) is 18.2 Å². The fourth-order valence-electron chi connectivity index (χ4n) is 2.02. The summed E-state index contributed by atoms with van der Waals surface area (Å²) in [6.45, 7) is 3.92. The lowest BCUT2D eigenvalue weighted by Gasteiger charge is -2.04. The molecule has 1 aromatic carbocycles. The monoisotopic (exact) mass is 319 g/mol. The van der Waals surface area contributed by atoms with Crippen LogP contribution in [0.1, 0.15) is 46.0 Å². The molecule has 1 heterocycles. The van der Waals surface area contributed by atoms with Crippen LogP contribution in [0.3, 0.4) is 0 Å². The van der Waals surface area contributed by atoms with E-state index in [4.69, 9.17) is 0 Å². The van der Waals surface area contributed by atoms with Gasteiger partial charge in [0.2, 0.25) is 11.8 Å². The van der Waals surface area contributed by atoms with E-state index in [1.807, 2.05) is 18.2 Å². The van der Waals surface area contributed by atoms with E-state index in [0.717, 1.165) is 35.2 Å². The Bertz CT molecular complexity index is 666. The molecular formula is C16H21N3O2S. The molecule has 0 fully saturated rings. The Labute approximate surface area is 134 Å². The van der Waals surface area contributed by atoms with Crippen LogP contribution in [0.4, 0.5) is 10.8 Å². The zero-order valence-electron chi connectivity index (χ0n) is 12.9. The number of unbranched alkanes of at least 4 members (excludes halogenated alkanes) is 2. The summed E-state index contributed by atoms with van der Waals surface area (Å²) in [6.07, 6.45) is 4.06. The van der Waals surface area contributed by atoms with Gasteiger partial charge in [-0.3, -0.25) is 9.59 Å². The summed E-state index contributed by atoms with van der Waals surface area (Å²) in [5.74, 6) is -0.0136. The summed E-state index contributed by atoms with van der Waals surface area (Å²) in [4.78, 5) is 27.6. The third kappa shape index (κ3) is 4.53. The molecule has 2 N–H and O–H groups in total. The molecule has 0 aliphatic carbocycles. The average Bonchev–Trinajstić information content (AvgIpc) is 2.88. The summed E-state index contributed by atoms with van der Waals surface area (Å²) in [5, 5.41) is 6.25. The van der Waals surface area contributed by atoms with Crippen LogP contribution in [0.25, 0.3) is 10.2 Å². The van der Waals surface area contributed by atoms with Crippen molar-refractivity contribution < 1.29 is 9.59 Å². The Kier molecular flexibility index (Phi) is 5.89. The van der Waals surface area contributed by atoms with E-state index in [2.05, 4.69) is 22.5 Å². The number of anilines is 2. The molecule has 5 nitrogen and oxygen atoms in total. The van der Waals surface area contributed by atoms with Crippen LogP contribution in [0, 0.1) is 0 Å². The molecule has 2 amide bonds. The van der Waals surface area contributed by atoms with Gasteiger partial charge in [-0.2, -0.15) is 0 Å². The summed E-state index contributed by atoms with van der Waals surface area (Å²) in [7, 11) is 0. The maximum Gasteiger partial charge on any atom is 0.225 e. The number of thiazole rings is 1. The highest BCUT2D eigenvalue weighted by Gasteiger charge is 2.08. The summed E-state index contributed by atoms with van der Waals surface area (Å²) < 4.78 is 0.942. The van der Waals surface area contributed by atoms with Crippen molar-refractivity contribution in [3.63, 3.8) is 0 Å². The lowest BCUT2D eigenvalue weighted by Crippen LogP contribution is -2.10. The molecule has 0 radical (unpaired) electrons. The third-order valence-electron chi connectivity index (χ3n) is 3.25. The first-order valence-electron chi connectivity index (χ1n) is 7.62. The second kappa shape index (κ2) is 7.89. The largest absolute Gasteiger partial charge is 0.326 e. The van der Waals surface area contributed by atoms with E-state index in [0.29, 0.717) is 18.0 Å². The number of fused-ring (bicyclic) bond motifs is 1. The van der Waals surface area contributed by atoms with Crippen molar-refractivity contribution in [3.8, 4) is 0 Å². The van der Waals surface area contributed by atoms with Crippen LogP contribution < -0.4 is 10.6 Å². The molecule has 0 spiro atoms. The van der Waals surface area contributed by atoms with Gasteiger partial charge in [0.05, 0.1) is 10.2 Å². The van der Waals surface area contributed by atoms with Gasteiger partial charge in [0, 0.05) is 18.5 Å². The summed E-state index contributed by atoms with van der Waals surface area (Å²) in [5.41, 5.74) is 1.59. The number of aromatic nitrogens is 1. The number of nitrogens with one attached hydrogen (secondary N) is 2. The maximum atomic E-state index is 11.8. The Hall–Kier alpha value is -1.95. The highest BCUT2D eigenvalue weighted by molar-refractivity contribution is 7.22. The molecule has 0 saturated carbocycles. The molecule has 2 aromatic rings. The molecule has 0 saturated heterocycles. The molecule has 0 unspecified atom stereocenters. The first kappa shape index (κ1) is 16.4. The van der Waals surface area contributed by atoms with Crippen LogP contribution in [-0.4, -0.2) is 16.8 Å². The van der Waals surface area contributed by atoms with Gasteiger partial charge < -0.3 is 10.6 Å². The number of nitrogens with zero attached hydrogens (tertiary/aromatic N) is 1. The predicted octanol–water partition coefficient (Wildman–Crippen LogP) is 4.16. The number of benzene rings is 1. The minimum absolute atomic E-state index is 0.0387. The Balaban J connectivity index is 2.03. The second-order valence-electron chi connectivity index (χ2n) is 5.11. The van der Waals surface area contributed by atoms with Crippen LogP contribution >= 0.6 is 11.3 Å². The molecule has 0 aliphatic heterocycles. The van der Waals surface area contributed by atoms with Gasteiger partial charge in [0.15, 0.2) is 5.13 Å². The average molecular weight is 319 g/mol. The molecule has 0 bridgehead atoms. The minimum Gasteiger partial charge on any atom is -0.326 e. The molecule has 22 heavy (non-hydrogen) atoms. The van der Waals surface area contributed by atoms with Crippen LogP contribution in [0.2, 0.25) is 0 Å². The van der Waals surface area contributed by atoms with E-state index in [-0.39, 0.29) is 11.8 Å². The van der Waals surface area contributed by atoms with Gasteiger partial charge in [-0.15, -0.1) is 0 Å². The van der Waals surface area contributed by atoms with Crippen molar-refractivity contribution in [2.75, 3.05) is 10.6 Å². The van der Waals surface area contributed by atoms with E-state index >= 15 is 0 Å². The predicted molar refractivity (Wildman–Crippen MR) is 91.3 cm³/mol. The van der Waals surface area contributed by atoms with Gasteiger partial charge in [-0.1, -0.05) is 38.0 Å². The number of carbonyl (C=O) groups excluding carboxylic acids is 2. The van der Waals surface area contributed by atoms with E-state index in [9.17, 15) is 9.59 Å². The molecule has 2 rings (SSSR count). The molecule has 1 aromatic heterocycles. The number of rotatable bonds is 7.